The molecule has 1 fully saturated rings. The Balaban J connectivity index is 2.05. The molecule has 0 aliphatic carbocycles. The third-order valence-electron chi connectivity index (χ3n) is 3.33. The summed E-state index contributed by atoms with van der Waals surface area (Å²) in [6, 6.07) is 7.41. The van der Waals surface area contributed by atoms with Gasteiger partial charge in [0.05, 0.1) is 11.8 Å². The summed E-state index contributed by atoms with van der Waals surface area (Å²) in [7, 11) is 0. The number of aliphatic hydroxyl groups is 1. The second kappa shape index (κ2) is 3.90. The molecule has 1 saturated heterocycles. The predicted molar refractivity (Wildman–Crippen MR) is 71.4 cm³/mol. The summed E-state index contributed by atoms with van der Waals surface area (Å²) >= 11 is 7.52. The van der Waals surface area contributed by atoms with E-state index in [-0.39, 0.29) is 5.25 Å². The van der Waals surface area contributed by atoms with Crippen LogP contribution in [0.5, 0.6) is 0 Å². The molecule has 2 heterocycles. The summed E-state index contributed by atoms with van der Waals surface area (Å²) < 4.78 is 0. The molecule has 0 aromatic heterocycles. The molecule has 2 unspecified atom stereocenters. The monoisotopic (exact) mass is 268 g/mol. The molecule has 1 aromatic carbocycles. The first-order chi connectivity index (χ1) is 8.12. The van der Waals surface area contributed by atoms with Crippen molar-refractivity contribution < 1.29 is 5.11 Å². The van der Waals surface area contributed by atoms with Gasteiger partial charge in [-0.1, -0.05) is 35.5 Å². The first kappa shape index (κ1) is 11.4. The smallest absolute Gasteiger partial charge is 0.178 e. The Morgan fingerprint density at radius 1 is 1.47 bits per heavy atom. The lowest BCUT2D eigenvalue weighted by molar-refractivity contribution is -0.0623. The molecule has 5 heteroatoms. The molecule has 0 amide bonds. The Morgan fingerprint density at radius 3 is 2.88 bits per heavy atom. The van der Waals surface area contributed by atoms with E-state index in [9.17, 15) is 5.11 Å². The van der Waals surface area contributed by atoms with E-state index in [1.807, 2.05) is 36.1 Å². The van der Waals surface area contributed by atoms with Gasteiger partial charge in [0.1, 0.15) is 0 Å². The molecule has 1 aromatic rings. The lowest BCUT2D eigenvalue weighted by Crippen LogP contribution is -2.47. The van der Waals surface area contributed by atoms with Gasteiger partial charge in [-0.15, -0.1) is 0 Å². The second-order valence-corrected chi connectivity index (χ2v) is 6.05. The average molecular weight is 269 g/mol. The van der Waals surface area contributed by atoms with Crippen LogP contribution >= 0.6 is 23.4 Å². The van der Waals surface area contributed by atoms with E-state index < -0.39 is 5.72 Å². The molecular formula is C12H13ClN2OS. The van der Waals surface area contributed by atoms with Gasteiger partial charge in [0.25, 0.3) is 0 Å². The van der Waals surface area contributed by atoms with Crippen molar-refractivity contribution in [3.63, 3.8) is 0 Å². The molecule has 0 spiro atoms. The molecule has 0 radical (unpaired) electrons. The maximum Gasteiger partial charge on any atom is 0.178 e. The van der Waals surface area contributed by atoms with Gasteiger partial charge in [-0.05, 0) is 19.1 Å². The van der Waals surface area contributed by atoms with Crippen molar-refractivity contribution in [3.05, 3.63) is 34.9 Å². The summed E-state index contributed by atoms with van der Waals surface area (Å²) in [5, 5.41) is 12.7. The average Bonchev–Trinajstić information content (AvgIpc) is 2.85. The van der Waals surface area contributed by atoms with Gasteiger partial charge >= 0.3 is 0 Å². The summed E-state index contributed by atoms with van der Waals surface area (Å²) in [5.74, 6) is 0. The lowest BCUT2D eigenvalue weighted by Gasteiger charge is -2.35. The minimum atomic E-state index is -0.954. The van der Waals surface area contributed by atoms with Gasteiger partial charge in [-0.25, -0.2) is 0 Å². The van der Waals surface area contributed by atoms with E-state index in [0.717, 1.165) is 23.8 Å². The SMILES string of the molecule is CC1SC2=NCCN2C1(O)c1ccc(Cl)cc1. The molecule has 17 heavy (non-hydrogen) atoms. The zero-order chi connectivity index (χ0) is 12.0. The van der Waals surface area contributed by atoms with Crippen LogP contribution in [0.1, 0.15) is 12.5 Å². The first-order valence-electron chi connectivity index (χ1n) is 5.59. The van der Waals surface area contributed by atoms with E-state index in [0.29, 0.717) is 5.02 Å². The van der Waals surface area contributed by atoms with Gasteiger partial charge in [0, 0.05) is 17.1 Å². The van der Waals surface area contributed by atoms with Crippen molar-refractivity contribution in [1.82, 2.24) is 4.90 Å². The van der Waals surface area contributed by atoms with Crippen LogP contribution in [0.3, 0.4) is 0 Å². The van der Waals surface area contributed by atoms with Crippen molar-refractivity contribution in [3.8, 4) is 0 Å². The van der Waals surface area contributed by atoms with Gasteiger partial charge in [-0.2, -0.15) is 0 Å². The van der Waals surface area contributed by atoms with Crippen LogP contribution in [0.2, 0.25) is 5.02 Å². The number of nitrogens with zero attached hydrogens (tertiary/aromatic N) is 2. The molecule has 2 aliphatic heterocycles. The highest BCUT2D eigenvalue weighted by Crippen LogP contribution is 2.46. The number of hydrogen-bond donors (Lipinski definition) is 1. The summed E-state index contributed by atoms with van der Waals surface area (Å²) in [6.07, 6.45) is 0. The zero-order valence-corrected chi connectivity index (χ0v) is 11.0. The third-order valence-corrected chi connectivity index (χ3v) is 4.83. The molecule has 90 valence electrons. The van der Waals surface area contributed by atoms with Crippen LogP contribution in [-0.4, -0.2) is 33.5 Å². The molecular weight excluding hydrogens is 256 g/mol. The van der Waals surface area contributed by atoms with Crippen LogP contribution in [-0.2, 0) is 5.72 Å². The van der Waals surface area contributed by atoms with Crippen LogP contribution in [0.25, 0.3) is 0 Å². The number of amidine groups is 1. The highest BCUT2D eigenvalue weighted by molar-refractivity contribution is 8.14. The van der Waals surface area contributed by atoms with E-state index in [1.54, 1.807) is 11.8 Å². The van der Waals surface area contributed by atoms with Crippen LogP contribution in [0, 0.1) is 0 Å². The zero-order valence-electron chi connectivity index (χ0n) is 9.43. The molecule has 1 N–H and O–H groups in total. The minimum absolute atomic E-state index is 0.0720. The van der Waals surface area contributed by atoms with Crippen molar-refractivity contribution in [1.29, 1.82) is 0 Å². The first-order valence-corrected chi connectivity index (χ1v) is 6.85. The lowest BCUT2D eigenvalue weighted by atomic mass is 9.98. The van der Waals surface area contributed by atoms with E-state index >= 15 is 0 Å². The van der Waals surface area contributed by atoms with Crippen molar-refractivity contribution >= 4 is 28.5 Å². The standard InChI is InChI=1S/C12H13ClN2OS/c1-8-12(16,9-2-4-10(13)5-3-9)15-7-6-14-11(15)17-8/h2-5,8,16H,6-7H2,1H3. The fourth-order valence-electron chi connectivity index (χ4n) is 2.39. The molecule has 3 rings (SSSR count). The quantitative estimate of drug-likeness (QED) is 0.849. The summed E-state index contributed by atoms with van der Waals surface area (Å²) in [6.45, 7) is 3.58. The molecule has 0 bridgehead atoms. The molecule has 0 saturated carbocycles. The molecule has 2 atom stereocenters. The van der Waals surface area contributed by atoms with Gasteiger partial charge in [0.2, 0.25) is 0 Å². The number of thioether (sulfide) groups is 1. The summed E-state index contributed by atoms with van der Waals surface area (Å²) in [4.78, 5) is 6.40. The van der Waals surface area contributed by atoms with E-state index in [1.165, 1.54) is 0 Å². The van der Waals surface area contributed by atoms with E-state index in [4.69, 9.17) is 11.6 Å². The van der Waals surface area contributed by atoms with Crippen molar-refractivity contribution in [2.45, 2.75) is 17.9 Å². The minimum Gasteiger partial charge on any atom is -0.366 e. The molecule has 2 aliphatic rings. The number of fused-ring (bicyclic) bond motifs is 1. The number of hydrogen-bond acceptors (Lipinski definition) is 4. The van der Waals surface area contributed by atoms with Gasteiger partial charge in [-0.3, -0.25) is 4.99 Å². The normalized spacial score (nSPS) is 31.6. The highest BCUT2D eigenvalue weighted by atomic mass is 35.5. The molecule has 3 nitrogen and oxygen atoms in total. The fourth-order valence-corrected chi connectivity index (χ4v) is 3.78. The van der Waals surface area contributed by atoms with Gasteiger partial charge in [0.15, 0.2) is 10.9 Å². The van der Waals surface area contributed by atoms with Gasteiger partial charge < -0.3 is 10.0 Å². The van der Waals surface area contributed by atoms with E-state index in [2.05, 4.69) is 4.99 Å². The third kappa shape index (κ3) is 1.58. The number of rotatable bonds is 1. The Bertz CT molecular complexity index is 476. The Hall–Kier alpha value is -0.710. The van der Waals surface area contributed by atoms with Crippen LogP contribution in [0.15, 0.2) is 29.3 Å². The maximum atomic E-state index is 11.0. The predicted octanol–water partition coefficient (Wildman–Crippen LogP) is 2.29. The topological polar surface area (TPSA) is 35.8 Å². The fraction of sp³-hybridized carbons (Fsp3) is 0.417. The van der Waals surface area contributed by atoms with Crippen molar-refractivity contribution in [2.75, 3.05) is 13.1 Å². The number of benzene rings is 1. The van der Waals surface area contributed by atoms with Crippen molar-refractivity contribution in [2.24, 2.45) is 4.99 Å². The highest BCUT2D eigenvalue weighted by Gasteiger charge is 2.51. The largest absolute Gasteiger partial charge is 0.366 e. The Morgan fingerprint density at radius 2 is 2.18 bits per heavy atom. The van der Waals surface area contributed by atoms with Crippen LogP contribution < -0.4 is 0 Å². The summed E-state index contributed by atoms with van der Waals surface area (Å²) in [5.41, 5.74) is -0.0704. The Kier molecular flexibility index (Phi) is 2.61. The number of aliphatic imine (C=N–C) groups is 1. The Labute approximate surface area is 109 Å². The number of halogens is 1. The second-order valence-electron chi connectivity index (χ2n) is 4.31. The van der Waals surface area contributed by atoms with Crippen LogP contribution in [0.4, 0.5) is 0 Å². The maximum absolute atomic E-state index is 11.0.